The summed E-state index contributed by atoms with van der Waals surface area (Å²) in [5, 5.41) is 10.5. The number of carbonyl (C=O) groups is 2. The number of fused-ring (bicyclic) bond motifs is 2. The van der Waals surface area contributed by atoms with Gasteiger partial charge < -0.3 is 20.1 Å². The molecule has 0 aromatic heterocycles. The van der Waals surface area contributed by atoms with Crippen LogP contribution in [-0.4, -0.2) is 59.4 Å². The molecule has 3 N–H and O–H groups in total. The van der Waals surface area contributed by atoms with E-state index in [1.807, 2.05) is 42.5 Å². The van der Waals surface area contributed by atoms with Crippen LogP contribution in [0.25, 0.3) is 5.57 Å². The van der Waals surface area contributed by atoms with Crippen LogP contribution in [0.2, 0.25) is 0 Å². The number of benzene rings is 2. The molecule has 0 saturated heterocycles. The summed E-state index contributed by atoms with van der Waals surface area (Å²) in [6.07, 6.45) is 4.08. The number of nitrogens with one attached hydrogen (secondary N) is 3. The lowest BCUT2D eigenvalue weighted by atomic mass is 9.97. The lowest BCUT2D eigenvalue weighted by Crippen LogP contribution is -2.43. The monoisotopic (exact) mass is 591 g/mol. The van der Waals surface area contributed by atoms with Crippen molar-refractivity contribution in [1.82, 2.24) is 16.1 Å². The third kappa shape index (κ3) is 7.44. The normalized spacial score (nSPS) is 18.2. The number of alkyl carbamates (subject to hydrolysis) is 1. The Hall–Kier alpha value is -3.99. The number of allylic oxidation sites excluding steroid dienone is 2. The second-order valence-electron chi connectivity index (χ2n) is 10.3. The fraction of sp³-hybridized carbons (Fsp3) is 0.419. The van der Waals surface area contributed by atoms with E-state index in [-0.39, 0.29) is 25.4 Å². The van der Waals surface area contributed by atoms with Crippen LogP contribution in [0.4, 0.5) is 4.79 Å². The van der Waals surface area contributed by atoms with Gasteiger partial charge in [0.05, 0.1) is 29.7 Å². The highest BCUT2D eigenvalue weighted by atomic mass is 32.2. The quantitative estimate of drug-likeness (QED) is 0.283. The van der Waals surface area contributed by atoms with Gasteiger partial charge in [0.1, 0.15) is 12.6 Å². The summed E-state index contributed by atoms with van der Waals surface area (Å²) in [5.74, 6) is 0.316. The molecule has 0 fully saturated rings. The van der Waals surface area contributed by atoms with Crippen molar-refractivity contribution in [2.45, 2.75) is 63.0 Å². The average molecular weight is 592 g/mol. The Morgan fingerprint density at radius 1 is 1.07 bits per heavy atom. The maximum Gasteiger partial charge on any atom is 0.408 e. The van der Waals surface area contributed by atoms with Gasteiger partial charge in [0.15, 0.2) is 0 Å². The molecule has 3 aliphatic rings. The minimum atomic E-state index is -1.38. The fourth-order valence-electron chi connectivity index (χ4n) is 5.43. The van der Waals surface area contributed by atoms with Crippen LogP contribution in [0.15, 0.2) is 69.1 Å². The first-order valence-electron chi connectivity index (χ1n) is 14.5. The number of amides is 1. The molecule has 0 saturated carbocycles. The molecule has 1 heterocycles. The van der Waals surface area contributed by atoms with Gasteiger partial charge in [0.25, 0.3) is 0 Å². The van der Waals surface area contributed by atoms with Crippen LogP contribution >= 0.6 is 0 Å². The molecular formula is C31H37N5O5S. The number of hydrogen-bond donors (Lipinski definition) is 3. The van der Waals surface area contributed by atoms with E-state index < -0.39 is 28.9 Å². The largest absolute Gasteiger partial charge is 0.464 e. The number of aryl methyl sites for hydroxylation is 1. The topological polar surface area (TPSA) is 130 Å². The van der Waals surface area contributed by atoms with Crippen molar-refractivity contribution in [2.24, 2.45) is 10.1 Å². The first-order valence-corrected chi connectivity index (χ1v) is 15.8. The minimum absolute atomic E-state index is 0.0789. The number of nitrogens with zero attached hydrogens (tertiary/aromatic N) is 2. The van der Waals surface area contributed by atoms with Gasteiger partial charge in [-0.25, -0.2) is 20.0 Å². The highest BCUT2D eigenvalue weighted by Crippen LogP contribution is 2.40. The number of hydrazone groups is 1. The molecule has 1 amide bonds. The van der Waals surface area contributed by atoms with E-state index in [9.17, 15) is 13.8 Å². The lowest BCUT2D eigenvalue weighted by Gasteiger charge is -2.17. The zero-order valence-corrected chi connectivity index (χ0v) is 24.6. The Labute approximate surface area is 248 Å². The molecule has 1 aliphatic heterocycles. The molecule has 5 rings (SSSR count). The third-order valence-corrected chi connectivity index (χ3v) is 8.89. The van der Waals surface area contributed by atoms with Gasteiger partial charge in [-0.3, -0.25) is 4.21 Å². The molecule has 2 atom stereocenters. The summed E-state index contributed by atoms with van der Waals surface area (Å²) in [6, 6.07) is 14.3. The first kappa shape index (κ1) is 29.5. The number of hydrogen-bond acceptors (Lipinski definition) is 9. The van der Waals surface area contributed by atoms with E-state index in [4.69, 9.17) is 14.6 Å². The predicted octanol–water partition coefficient (Wildman–Crippen LogP) is 3.83. The van der Waals surface area contributed by atoms with Crippen molar-refractivity contribution >= 4 is 40.1 Å². The van der Waals surface area contributed by atoms with Gasteiger partial charge in [-0.15, -0.1) is 0 Å². The Bertz CT molecular complexity index is 1420. The molecule has 2 unspecified atom stereocenters. The molecule has 10 nitrogen and oxygen atoms in total. The number of aliphatic imine (C=N–C) groups is 1. The third-order valence-electron chi connectivity index (χ3n) is 7.50. The van der Waals surface area contributed by atoms with Gasteiger partial charge in [0, 0.05) is 17.2 Å². The summed E-state index contributed by atoms with van der Waals surface area (Å²) in [4.78, 5) is 30.1. The summed E-state index contributed by atoms with van der Waals surface area (Å²) in [6.45, 7) is 3.53. The van der Waals surface area contributed by atoms with Crippen LogP contribution in [0.5, 0.6) is 0 Å². The number of esters is 1. The molecule has 2 aromatic carbocycles. The van der Waals surface area contributed by atoms with E-state index >= 15 is 0 Å². The van der Waals surface area contributed by atoms with Crippen molar-refractivity contribution in [3.05, 3.63) is 70.8 Å². The van der Waals surface area contributed by atoms with E-state index in [0.717, 1.165) is 62.0 Å². The minimum Gasteiger partial charge on any atom is -0.464 e. The molecule has 2 aliphatic carbocycles. The fourth-order valence-corrected chi connectivity index (χ4v) is 6.61. The van der Waals surface area contributed by atoms with Crippen LogP contribution in [0, 0.1) is 0 Å². The summed E-state index contributed by atoms with van der Waals surface area (Å²) < 4.78 is 23.8. The van der Waals surface area contributed by atoms with Gasteiger partial charge in [0.2, 0.25) is 5.96 Å². The molecule has 2 aromatic rings. The van der Waals surface area contributed by atoms with Crippen molar-refractivity contribution in [2.75, 3.05) is 25.4 Å². The van der Waals surface area contributed by atoms with Gasteiger partial charge in [-0.1, -0.05) is 36.4 Å². The average Bonchev–Trinajstić information content (AvgIpc) is 3.69. The second-order valence-corrected chi connectivity index (χ2v) is 11.9. The van der Waals surface area contributed by atoms with Gasteiger partial charge in [-0.2, -0.15) is 5.10 Å². The number of guanidine groups is 1. The van der Waals surface area contributed by atoms with E-state index in [1.54, 1.807) is 6.92 Å². The van der Waals surface area contributed by atoms with E-state index in [1.165, 1.54) is 16.7 Å². The number of rotatable bonds is 10. The zero-order valence-electron chi connectivity index (χ0n) is 23.8. The molecule has 0 spiro atoms. The maximum atomic E-state index is 13.4. The van der Waals surface area contributed by atoms with Crippen molar-refractivity contribution in [3.63, 3.8) is 0 Å². The van der Waals surface area contributed by atoms with Gasteiger partial charge >= 0.3 is 12.1 Å². The van der Waals surface area contributed by atoms with Crippen molar-refractivity contribution in [1.29, 1.82) is 0 Å². The highest BCUT2D eigenvalue weighted by Gasteiger charge is 2.27. The molecule has 0 radical (unpaired) electrons. The number of ether oxygens (including phenoxy) is 2. The Morgan fingerprint density at radius 3 is 2.69 bits per heavy atom. The summed E-state index contributed by atoms with van der Waals surface area (Å²) in [5.41, 5.74) is 9.96. The molecule has 42 heavy (non-hydrogen) atoms. The predicted molar refractivity (Wildman–Crippen MR) is 162 cm³/mol. The van der Waals surface area contributed by atoms with Crippen LogP contribution in [-0.2, 0) is 38.1 Å². The maximum absolute atomic E-state index is 13.4. The van der Waals surface area contributed by atoms with Crippen molar-refractivity contribution < 1.29 is 23.3 Å². The van der Waals surface area contributed by atoms with Gasteiger partial charge in [-0.05, 0) is 85.4 Å². The molecular weight excluding hydrogens is 554 g/mol. The van der Waals surface area contributed by atoms with Crippen LogP contribution in [0.3, 0.4) is 0 Å². The lowest BCUT2D eigenvalue weighted by molar-refractivity contribution is -0.145. The van der Waals surface area contributed by atoms with E-state index in [0.29, 0.717) is 10.9 Å². The van der Waals surface area contributed by atoms with Crippen LogP contribution < -0.4 is 16.1 Å². The van der Waals surface area contributed by atoms with Crippen molar-refractivity contribution in [3.8, 4) is 0 Å². The first-order chi connectivity index (χ1) is 20.5. The van der Waals surface area contributed by atoms with Crippen LogP contribution in [0.1, 0.15) is 55.7 Å². The Kier molecular flexibility index (Phi) is 10.0. The SMILES string of the molecule is CCOC(=O)C(CCS(=O)c1ccc2c(c1)CCC(=NNC1=NCCN1)C1=C2CCC1)NC(=O)OCc1ccccc1. The smallest absolute Gasteiger partial charge is 0.408 e. The second kappa shape index (κ2) is 14.3. The Balaban J connectivity index is 1.23. The Morgan fingerprint density at radius 2 is 1.90 bits per heavy atom. The highest BCUT2D eigenvalue weighted by molar-refractivity contribution is 7.85. The summed E-state index contributed by atoms with van der Waals surface area (Å²) >= 11 is 0. The summed E-state index contributed by atoms with van der Waals surface area (Å²) in [7, 11) is -1.38. The number of carbonyl (C=O) groups excluding carboxylic acids is 2. The zero-order chi connectivity index (χ0) is 29.3. The van der Waals surface area contributed by atoms with E-state index in [2.05, 4.69) is 27.1 Å². The molecule has 222 valence electrons. The molecule has 11 heteroatoms. The standard InChI is InChI=1S/C31H37N5O5S/c1-2-40-29(37)28(34-31(38)41-20-21-7-4-3-5-8-21)15-18-42(39)23-12-13-24-22(19-23)11-14-27(26-10-6-9-25(24)26)35-36-30-32-16-17-33-30/h3-5,7-8,12-13,19,28H,2,6,9-11,14-18,20H2,1H3,(H,34,38)(H2,32,33,36). The molecule has 0 bridgehead atoms.